The number of hydrogen-bond acceptors (Lipinski definition) is 4. The summed E-state index contributed by atoms with van der Waals surface area (Å²) in [5.74, 6) is -1.21. The second-order valence-electron chi connectivity index (χ2n) is 5.16. The van der Waals surface area contributed by atoms with E-state index in [0.29, 0.717) is 5.75 Å². The van der Waals surface area contributed by atoms with Gasteiger partial charge in [-0.1, -0.05) is 6.92 Å². The van der Waals surface area contributed by atoms with E-state index in [2.05, 4.69) is 0 Å². The van der Waals surface area contributed by atoms with Crippen molar-refractivity contribution in [3.8, 4) is 5.75 Å². The minimum Gasteiger partial charge on any atom is -0.491 e. The standard InChI is InChI=1S/C14H21NO5S/c1-10(2)20-12-5-7-13(8-6-12)21(18,19)15(4)9-11(3)14(16)17/h5-8,10-11H,9H2,1-4H3,(H,16,17). The number of sulfonamides is 1. The molecule has 0 spiro atoms. The van der Waals surface area contributed by atoms with Crippen molar-refractivity contribution in [2.24, 2.45) is 5.92 Å². The van der Waals surface area contributed by atoms with Crippen LogP contribution in [0.25, 0.3) is 0 Å². The SMILES string of the molecule is CC(C)Oc1ccc(S(=O)(=O)N(C)CC(C)C(=O)O)cc1. The van der Waals surface area contributed by atoms with Gasteiger partial charge in [0.2, 0.25) is 10.0 Å². The minimum absolute atomic E-state index is 0.00606. The van der Waals surface area contributed by atoms with Gasteiger partial charge in [0.15, 0.2) is 0 Å². The van der Waals surface area contributed by atoms with Crippen LogP contribution in [0.2, 0.25) is 0 Å². The summed E-state index contributed by atoms with van der Waals surface area (Å²) in [6.45, 7) is 5.15. The molecule has 118 valence electrons. The maximum Gasteiger partial charge on any atom is 0.307 e. The number of aliphatic carboxylic acids is 1. The Labute approximate surface area is 125 Å². The second kappa shape index (κ2) is 6.91. The van der Waals surface area contributed by atoms with Crippen molar-refractivity contribution in [1.82, 2.24) is 4.31 Å². The van der Waals surface area contributed by atoms with Gasteiger partial charge in [-0.05, 0) is 38.1 Å². The zero-order valence-electron chi connectivity index (χ0n) is 12.6. The van der Waals surface area contributed by atoms with Crippen LogP contribution < -0.4 is 4.74 Å². The topological polar surface area (TPSA) is 83.9 Å². The minimum atomic E-state index is -3.70. The molecule has 0 fully saturated rings. The molecule has 1 N–H and O–H groups in total. The highest BCUT2D eigenvalue weighted by atomic mass is 32.2. The molecule has 0 heterocycles. The van der Waals surface area contributed by atoms with Gasteiger partial charge in [-0.25, -0.2) is 12.7 Å². The highest BCUT2D eigenvalue weighted by molar-refractivity contribution is 7.89. The van der Waals surface area contributed by atoms with Gasteiger partial charge in [-0.15, -0.1) is 0 Å². The van der Waals surface area contributed by atoms with Gasteiger partial charge >= 0.3 is 5.97 Å². The quantitative estimate of drug-likeness (QED) is 0.829. The third-order valence-electron chi connectivity index (χ3n) is 2.86. The first-order valence-electron chi connectivity index (χ1n) is 6.60. The van der Waals surface area contributed by atoms with Crippen molar-refractivity contribution in [2.45, 2.75) is 31.8 Å². The van der Waals surface area contributed by atoms with Gasteiger partial charge in [0.25, 0.3) is 0 Å². The average molecular weight is 315 g/mol. The summed E-state index contributed by atoms with van der Waals surface area (Å²) in [6, 6.07) is 6.08. The van der Waals surface area contributed by atoms with Gasteiger partial charge in [0.1, 0.15) is 5.75 Å². The average Bonchev–Trinajstić information content (AvgIpc) is 2.38. The normalized spacial score (nSPS) is 13.4. The number of ether oxygens (including phenoxy) is 1. The lowest BCUT2D eigenvalue weighted by Crippen LogP contribution is -2.33. The maximum atomic E-state index is 12.3. The molecular weight excluding hydrogens is 294 g/mol. The Morgan fingerprint density at radius 1 is 1.24 bits per heavy atom. The molecule has 7 heteroatoms. The van der Waals surface area contributed by atoms with Crippen molar-refractivity contribution >= 4 is 16.0 Å². The van der Waals surface area contributed by atoms with Crippen LogP contribution in [0.5, 0.6) is 5.75 Å². The van der Waals surface area contributed by atoms with E-state index in [4.69, 9.17) is 9.84 Å². The van der Waals surface area contributed by atoms with Crippen LogP contribution in [0.4, 0.5) is 0 Å². The largest absolute Gasteiger partial charge is 0.491 e. The molecule has 0 aliphatic heterocycles. The van der Waals surface area contributed by atoms with Crippen LogP contribution in [0.15, 0.2) is 29.2 Å². The van der Waals surface area contributed by atoms with Crippen LogP contribution in [-0.2, 0) is 14.8 Å². The van der Waals surface area contributed by atoms with Crippen molar-refractivity contribution in [2.75, 3.05) is 13.6 Å². The van der Waals surface area contributed by atoms with E-state index in [1.807, 2.05) is 13.8 Å². The summed E-state index contributed by atoms with van der Waals surface area (Å²) in [4.78, 5) is 10.9. The first-order valence-corrected chi connectivity index (χ1v) is 8.04. The Morgan fingerprint density at radius 3 is 2.19 bits per heavy atom. The van der Waals surface area contributed by atoms with E-state index >= 15 is 0 Å². The van der Waals surface area contributed by atoms with Crippen LogP contribution in [0.3, 0.4) is 0 Å². The molecule has 1 unspecified atom stereocenters. The monoisotopic (exact) mass is 315 g/mol. The molecule has 0 radical (unpaired) electrons. The molecule has 0 saturated heterocycles. The Morgan fingerprint density at radius 2 is 1.76 bits per heavy atom. The summed E-state index contributed by atoms with van der Waals surface area (Å²) in [7, 11) is -2.33. The van der Waals surface area contributed by atoms with Gasteiger partial charge in [0.05, 0.1) is 16.9 Å². The van der Waals surface area contributed by atoms with E-state index in [-0.39, 0.29) is 17.5 Å². The van der Waals surface area contributed by atoms with Crippen LogP contribution in [-0.4, -0.2) is 43.5 Å². The first kappa shape index (κ1) is 17.5. The van der Waals surface area contributed by atoms with Crippen molar-refractivity contribution in [1.29, 1.82) is 0 Å². The summed E-state index contributed by atoms with van der Waals surface area (Å²) in [5.41, 5.74) is 0. The van der Waals surface area contributed by atoms with Gasteiger partial charge < -0.3 is 9.84 Å². The Kier molecular flexibility index (Phi) is 5.74. The summed E-state index contributed by atoms with van der Waals surface area (Å²) in [6.07, 6.45) is 0.00606. The Balaban J connectivity index is 2.89. The van der Waals surface area contributed by atoms with E-state index in [1.54, 1.807) is 12.1 Å². The van der Waals surface area contributed by atoms with E-state index in [9.17, 15) is 13.2 Å². The molecule has 0 bridgehead atoms. The first-order chi connectivity index (χ1) is 9.64. The van der Waals surface area contributed by atoms with Gasteiger partial charge in [-0.2, -0.15) is 0 Å². The molecule has 1 aromatic rings. The molecule has 0 aliphatic carbocycles. The van der Waals surface area contributed by atoms with Gasteiger partial charge in [0, 0.05) is 13.6 Å². The predicted molar refractivity (Wildman–Crippen MR) is 78.8 cm³/mol. The lowest BCUT2D eigenvalue weighted by molar-refractivity contribution is -0.141. The van der Waals surface area contributed by atoms with Gasteiger partial charge in [-0.3, -0.25) is 4.79 Å². The maximum absolute atomic E-state index is 12.3. The Hall–Kier alpha value is -1.60. The highest BCUT2D eigenvalue weighted by Gasteiger charge is 2.24. The van der Waals surface area contributed by atoms with E-state index in [0.717, 1.165) is 4.31 Å². The fourth-order valence-corrected chi connectivity index (χ4v) is 2.96. The van der Waals surface area contributed by atoms with Crippen molar-refractivity contribution < 1.29 is 23.1 Å². The second-order valence-corrected chi connectivity index (χ2v) is 7.21. The molecule has 21 heavy (non-hydrogen) atoms. The number of carbonyl (C=O) groups is 1. The lowest BCUT2D eigenvalue weighted by atomic mass is 10.2. The third-order valence-corrected chi connectivity index (χ3v) is 4.69. The van der Waals surface area contributed by atoms with E-state index in [1.165, 1.54) is 26.1 Å². The third kappa shape index (κ3) is 4.71. The smallest absolute Gasteiger partial charge is 0.307 e. The Bertz CT molecular complexity index is 580. The summed E-state index contributed by atoms with van der Waals surface area (Å²) < 4.78 is 31.1. The van der Waals surface area contributed by atoms with Crippen LogP contribution >= 0.6 is 0 Å². The van der Waals surface area contributed by atoms with Crippen molar-refractivity contribution in [3.05, 3.63) is 24.3 Å². The molecular formula is C14H21NO5S. The molecule has 0 aromatic heterocycles. The summed E-state index contributed by atoms with van der Waals surface area (Å²) in [5, 5.41) is 8.85. The number of carboxylic acid groups (broad SMARTS) is 1. The van der Waals surface area contributed by atoms with Crippen LogP contribution in [0, 0.1) is 5.92 Å². The molecule has 1 atom stereocenters. The molecule has 1 rings (SSSR count). The number of nitrogens with zero attached hydrogens (tertiary/aromatic N) is 1. The number of rotatable bonds is 7. The van der Waals surface area contributed by atoms with E-state index < -0.39 is 21.9 Å². The lowest BCUT2D eigenvalue weighted by Gasteiger charge is -2.19. The number of carboxylic acids is 1. The number of benzene rings is 1. The fourth-order valence-electron chi connectivity index (χ4n) is 1.70. The molecule has 6 nitrogen and oxygen atoms in total. The molecule has 1 aromatic carbocycles. The summed E-state index contributed by atoms with van der Waals surface area (Å²) >= 11 is 0. The van der Waals surface area contributed by atoms with Crippen LogP contribution in [0.1, 0.15) is 20.8 Å². The number of hydrogen-bond donors (Lipinski definition) is 1. The van der Waals surface area contributed by atoms with Crippen molar-refractivity contribution in [3.63, 3.8) is 0 Å². The predicted octanol–water partition coefficient (Wildman–Crippen LogP) is 1.81. The fraction of sp³-hybridized carbons (Fsp3) is 0.500. The highest BCUT2D eigenvalue weighted by Crippen LogP contribution is 2.20. The molecule has 0 saturated carbocycles. The molecule has 0 amide bonds. The zero-order chi connectivity index (χ0) is 16.2. The zero-order valence-corrected chi connectivity index (χ0v) is 13.4. The molecule has 0 aliphatic rings.